The maximum absolute atomic E-state index is 12.8. The van der Waals surface area contributed by atoms with Crippen LogP contribution in [-0.4, -0.2) is 48.1 Å². The smallest absolute Gasteiger partial charge is 0.338 e. The van der Waals surface area contributed by atoms with Crippen LogP contribution in [0, 0.1) is 6.92 Å². The number of thioether (sulfide) groups is 1. The number of aliphatic imine (C=N–C) groups is 1. The number of likely N-dealkylation sites (N-methyl/N-ethyl adjacent to an activating group) is 1. The fourth-order valence-corrected chi connectivity index (χ4v) is 4.46. The number of hydrogen-bond donors (Lipinski definition) is 1. The normalized spacial score (nSPS) is 15.1. The third-order valence-electron chi connectivity index (χ3n) is 5.47. The van der Waals surface area contributed by atoms with Crippen molar-refractivity contribution in [3.05, 3.63) is 94.4 Å². The first-order valence-corrected chi connectivity index (χ1v) is 12.8. The van der Waals surface area contributed by atoms with E-state index in [2.05, 4.69) is 10.3 Å². The Morgan fingerprint density at radius 2 is 1.79 bits per heavy atom. The topological polar surface area (TPSA) is 97.3 Å². The second-order valence-electron chi connectivity index (χ2n) is 8.41. The molecule has 1 aliphatic heterocycles. The van der Waals surface area contributed by atoms with Crippen LogP contribution in [0.15, 0.2) is 82.7 Å². The number of amidine groups is 1. The average Bonchev–Trinajstić information content (AvgIpc) is 3.17. The highest BCUT2D eigenvalue weighted by molar-refractivity contribution is 8.18. The molecule has 0 radical (unpaired) electrons. The zero-order chi connectivity index (χ0) is 27.1. The molecule has 0 bridgehead atoms. The highest BCUT2D eigenvalue weighted by Crippen LogP contribution is 2.33. The predicted octanol–water partition coefficient (Wildman–Crippen LogP) is 5.42. The number of rotatable bonds is 8. The number of hydrogen-bond acceptors (Lipinski definition) is 7. The summed E-state index contributed by atoms with van der Waals surface area (Å²) in [4.78, 5) is 43.5. The van der Waals surface area contributed by atoms with Crippen molar-refractivity contribution >= 4 is 52.2 Å². The number of nitrogens with zero attached hydrogens (tertiary/aromatic N) is 2. The van der Waals surface area contributed by atoms with E-state index >= 15 is 0 Å². The van der Waals surface area contributed by atoms with E-state index in [0.29, 0.717) is 32.8 Å². The van der Waals surface area contributed by atoms with Crippen LogP contribution in [0.25, 0.3) is 6.08 Å². The molecule has 38 heavy (non-hydrogen) atoms. The van der Waals surface area contributed by atoms with Gasteiger partial charge in [-0.15, -0.1) is 0 Å². The summed E-state index contributed by atoms with van der Waals surface area (Å²) in [6, 6.07) is 21.4. The van der Waals surface area contributed by atoms with Crippen LogP contribution in [-0.2, 0) is 14.3 Å². The number of amides is 2. The van der Waals surface area contributed by atoms with Gasteiger partial charge in [-0.1, -0.05) is 35.9 Å². The molecule has 3 aromatic rings. The molecule has 4 rings (SSSR count). The molecule has 8 nitrogen and oxygen atoms in total. The van der Waals surface area contributed by atoms with Crippen LogP contribution in [0.5, 0.6) is 5.75 Å². The Kier molecular flexibility index (Phi) is 8.60. The van der Waals surface area contributed by atoms with Crippen LogP contribution in [0.2, 0.25) is 0 Å². The van der Waals surface area contributed by atoms with Crippen molar-refractivity contribution < 1.29 is 23.9 Å². The van der Waals surface area contributed by atoms with E-state index in [-0.39, 0.29) is 25.0 Å². The Morgan fingerprint density at radius 1 is 1.05 bits per heavy atom. The summed E-state index contributed by atoms with van der Waals surface area (Å²) < 4.78 is 10.6. The summed E-state index contributed by atoms with van der Waals surface area (Å²) in [7, 11) is 1.66. The molecule has 1 saturated heterocycles. The van der Waals surface area contributed by atoms with E-state index in [4.69, 9.17) is 9.47 Å². The fraction of sp³-hybridized carbons (Fsp3) is 0.172. The monoisotopic (exact) mass is 529 g/mol. The molecule has 0 spiro atoms. The van der Waals surface area contributed by atoms with Gasteiger partial charge in [-0.05, 0) is 79.7 Å². The Hall–Kier alpha value is -4.37. The largest absolute Gasteiger partial charge is 0.484 e. The Bertz CT molecular complexity index is 1400. The number of carbonyl (C=O) groups is 3. The zero-order valence-corrected chi connectivity index (χ0v) is 22.1. The number of carbonyl (C=O) groups excluding carboxylic acids is 3. The summed E-state index contributed by atoms with van der Waals surface area (Å²) in [5.41, 5.74) is 3.58. The SMILES string of the molecule is CCOC(=O)c1cccc(N=C2SC(=Cc3ccc(OCC(=O)Nc4ccc(C)cc4)cc3)C(=O)N2C)c1. The average molecular weight is 530 g/mol. The summed E-state index contributed by atoms with van der Waals surface area (Å²) in [5.74, 6) is -0.311. The van der Waals surface area contributed by atoms with Crippen molar-refractivity contribution in [2.45, 2.75) is 13.8 Å². The molecule has 0 unspecified atom stereocenters. The minimum Gasteiger partial charge on any atom is -0.484 e. The van der Waals surface area contributed by atoms with Crippen molar-refractivity contribution in [2.24, 2.45) is 4.99 Å². The van der Waals surface area contributed by atoms with Gasteiger partial charge in [-0.3, -0.25) is 14.5 Å². The van der Waals surface area contributed by atoms with Gasteiger partial charge < -0.3 is 14.8 Å². The molecule has 1 heterocycles. The second-order valence-corrected chi connectivity index (χ2v) is 9.42. The molecular weight excluding hydrogens is 502 g/mol. The molecule has 3 aromatic carbocycles. The minimum absolute atomic E-state index is 0.120. The van der Waals surface area contributed by atoms with Crippen LogP contribution in [0.1, 0.15) is 28.4 Å². The molecule has 1 N–H and O–H groups in total. The molecule has 9 heteroatoms. The van der Waals surface area contributed by atoms with Crippen LogP contribution >= 0.6 is 11.8 Å². The third kappa shape index (κ3) is 6.89. The van der Waals surface area contributed by atoms with E-state index in [9.17, 15) is 14.4 Å². The van der Waals surface area contributed by atoms with Gasteiger partial charge in [0, 0.05) is 12.7 Å². The summed E-state index contributed by atoms with van der Waals surface area (Å²) in [5, 5.41) is 3.29. The molecular formula is C29H27N3O5S. The third-order valence-corrected chi connectivity index (χ3v) is 6.53. The molecule has 2 amide bonds. The van der Waals surface area contributed by atoms with Gasteiger partial charge >= 0.3 is 5.97 Å². The molecule has 0 atom stereocenters. The van der Waals surface area contributed by atoms with Crippen molar-refractivity contribution in [1.29, 1.82) is 0 Å². The summed E-state index contributed by atoms with van der Waals surface area (Å²) in [6.07, 6.45) is 1.77. The molecule has 0 aromatic heterocycles. The second kappa shape index (κ2) is 12.2. The van der Waals surface area contributed by atoms with Gasteiger partial charge in [0.1, 0.15) is 5.75 Å². The van der Waals surface area contributed by atoms with E-state index < -0.39 is 5.97 Å². The summed E-state index contributed by atoms with van der Waals surface area (Å²) in [6.45, 7) is 3.90. The Balaban J connectivity index is 1.38. The molecule has 1 fully saturated rings. The Morgan fingerprint density at radius 3 is 2.50 bits per heavy atom. The van der Waals surface area contributed by atoms with E-state index in [1.54, 1.807) is 56.4 Å². The van der Waals surface area contributed by atoms with Gasteiger partial charge in [-0.2, -0.15) is 0 Å². The molecule has 0 aliphatic carbocycles. The number of nitrogens with one attached hydrogen (secondary N) is 1. The lowest BCUT2D eigenvalue weighted by molar-refractivity contribution is -0.121. The quantitative estimate of drug-likeness (QED) is 0.309. The van der Waals surface area contributed by atoms with Crippen molar-refractivity contribution in [3.8, 4) is 5.75 Å². The van der Waals surface area contributed by atoms with Gasteiger partial charge in [0.2, 0.25) is 0 Å². The van der Waals surface area contributed by atoms with Crippen LogP contribution < -0.4 is 10.1 Å². The van der Waals surface area contributed by atoms with E-state index in [1.165, 1.54) is 16.7 Å². The molecule has 0 saturated carbocycles. The number of esters is 1. The van der Waals surface area contributed by atoms with Gasteiger partial charge in [0.15, 0.2) is 11.8 Å². The number of aryl methyl sites for hydroxylation is 1. The van der Waals surface area contributed by atoms with Gasteiger partial charge in [0.05, 0.1) is 22.8 Å². The first kappa shape index (κ1) is 26.7. The highest BCUT2D eigenvalue weighted by atomic mass is 32.2. The lowest BCUT2D eigenvalue weighted by Gasteiger charge is -2.08. The van der Waals surface area contributed by atoms with Crippen LogP contribution in [0.4, 0.5) is 11.4 Å². The molecule has 1 aliphatic rings. The van der Waals surface area contributed by atoms with Gasteiger partial charge in [-0.25, -0.2) is 9.79 Å². The summed E-state index contributed by atoms with van der Waals surface area (Å²) >= 11 is 1.25. The zero-order valence-electron chi connectivity index (χ0n) is 21.3. The van der Waals surface area contributed by atoms with Crippen molar-refractivity contribution in [2.75, 3.05) is 25.6 Å². The lowest BCUT2D eigenvalue weighted by atomic mass is 10.2. The van der Waals surface area contributed by atoms with Crippen LogP contribution in [0.3, 0.4) is 0 Å². The molecule has 194 valence electrons. The first-order chi connectivity index (χ1) is 18.3. The standard InChI is InChI=1S/C29H27N3O5S/c1-4-36-28(35)21-6-5-7-23(17-21)31-29-32(3)27(34)25(38-29)16-20-10-14-24(15-11-20)37-18-26(33)30-22-12-8-19(2)9-13-22/h5-17H,4,18H2,1-3H3,(H,30,33). The first-order valence-electron chi connectivity index (χ1n) is 11.9. The van der Waals surface area contributed by atoms with Crippen molar-refractivity contribution in [1.82, 2.24) is 4.90 Å². The van der Waals surface area contributed by atoms with Crippen molar-refractivity contribution in [3.63, 3.8) is 0 Å². The van der Waals surface area contributed by atoms with E-state index in [0.717, 1.165) is 11.1 Å². The lowest BCUT2D eigenvalue weighted by Crippen LogP contribution is -2.23. The minimum atomic E-state index is -0.419. The number of benzene rings is 3. The Labute approximate surface area is 225 Å². The maximum Gasteiger partial charge on any atom is 0.338 e. The number of ether oxygens (including phenoxy) is 2. The van der Waals surface area contributed by atoms with E-state index in [1.807, 2.05) is 43.3 Å². The fourth-order valence-electron chi connectivity index (χ4n) is 3.47. The predicted molar refractivity (Wildman–Crippen MR) is 150 cm³/mol. The highest BCUT2D eigenvalue weighted by Gasteiger charge is 2.30. The van der Waals surface area contributed by atoms with Gasteiger partial charge in [0.25, 0.3) is 11.8 Å². The maximum atomic E-state index is 12.8. The number of anilines is 1.